The first-order valence-corrected chi connectivity index (χ1v) is 21.0. The largest absolute Gasteiger partial charge is 0.545 e. The number of rotatable bonds is 30. The first kappa shape index (κ1) is 55.8. The molecule has 0 spiro atoms. The van der Waals surface area contributed by atoms with Crippen LogP contribution in [0.3, 0.4) is 0 Å². The summed E-state index contributed by atoms with van der Waals surface area (Å²) < 4.78 is 23.2. The number of benzene rings is 2. The Morgan fingerprint density at radius 2 is 1.00 bits per heavy atom. The standard InChI is InChI=1S/2C21H35NO4.C4H4O4/c2*1-5-6-7-10-25-14-19-12-18(11-17(4)23)8-9-21(19)26-15-20(24)13-22-16(2)3;5-3(6)1-2-4(7)8/h2*8-9,12,16,20,22,24H,5-7,10-11,13-15H2,1-4H3;1-2H,(H,5,6)(H,7,8)/p-2/b;;2-1-. The molecule has 2 aromatic rings. The summed E-state index contributed by atoms with van der Waals surface area (Å²) in [6, 6.07) is 12.1. The molecule has 0 amide bonds. The van der Waals surface area contributed by atoms with E-state index in [4.69, 9.17) is 18.9 Å². The van der Waals surface area contributed by atoms with Crippen molar-refractivity contribution in [2.45, 2.75) is 144 Å². The highest BCUT2D eigenvalue weighted by Gasteiger charge is 2.13. The van der Waals surface area contributed by atoms with Crippen LogP contribution in [0.15, 0.2) is 48.6 Å². The molecule has 60 heavy (non-hydrogen) atoms. The van der Waals surface area contributed by atoms with E-state index in [2.05, 4.69) is 24.5 Å². The minimum absolute atomic E-state index is 0.128. The third kappa shape index (κ3) is 31.7. The van der Waals surface area contributed by atoms with Gasteiger partial charge in [0, 0.05) is 62.4 Å². The van der Waals surface area contributed by atoms with Crippen molar-refractivity contribution in [1.29, 1.82) is 0 Å². The molecule has 340 valence electrons. The van der Waals surface area contributed by atoms with Gasteiger partial charge in [0.25, 0.3) is 0 Å². The molecule has 0 saturated heterocycles. The van der Waals surface area contributed by atoms with Gasteiger partial charge in [-0.1, -0.05) is 79.4 Å². The van der Waals surface area contributed by atoms with Gasteiger partial charge in [0.15, 0.2) is 0 Å². The fourth-order valence-corrected chi connectivity index (χ4v) is 5.21. The number of carboxylic acid groups (broad SMARTS) is 2. The number of carbonyl (C=O) groups is 4. The molecule has 0 heterocycles. The Morgan fingerprint density at radius 3 is 1.30 bits per heavy atom. The third-order valence-corrected chi connectivity index (χ3v) is 8.20. The topological polar surface area (TPSA) is 216 Å². The number of hydrogen-bond donors (Lipinski definition) is 4. The summed E-state index contributed by atoms with van der Waals surface area (Å²) >= 11 is 0. The maximum absolute atomic E-state index is 11.4. The molecule has 0 fully saturated rings. The fraction of sp³-hybridized carbons (Fsp3) is 0.609. The van der Waals surface area contributed by atoms with Crippen molar-refractivity contribution in [2.24, 2.45) is 0 Å². The predicted octanol–water partition coefficient (Wildman–Crippen LogP) is 3.57. The van der Waals surface area contributed by atoms with Crippen LogP contribution in [-0.4, -0.2) is 97.5 Å². The molecular weight excluding hydrogens is 773 g/mol. The van der Waals surface area contributed by atoms with Gasteiger partial charge < -0.3 is 59.6 Å². The SMILES string of the molecule is CCCCCOCc1cc(CC(C)=O)ccc1OCC(O)CNC(C)C.CCCCCOCc1cc(CC(C)=O)ccc1OCC(O)CNC(C)C.O=C([O-])/C=C\C(=O)[O-]. The number of ether oxygens (including phenoxy) is 4. The summed E-state index contributed by atoms with van der Waals surface area (Å²) in [5.41, 5.74) is 3.76. The molecule has 2 aromatic carbocycles. The quantitative estimate of drug-likeness (QED) is 0.0654. The van der Waals surface area contributed by atoms with Gasteiger partial charge in [-0.05, 0) is 74.2 Å². The summed E-state index contributed by atoms with van der Waals surface area (Å²) in [6.45, 7) is 19.4. The van der Waals surface area contributed by atoms with Gasteiger partial charge in [-0.2, -0.15) is 0 Å². The number of Topliss-reactive ketones (excluding diaryl/α,β-unsaturated/α-hetero) is 2. The Morgan fingerprint density at radius 1 is 0.633 bits per heavy atom. The zero-order valence-electron chi connectivity index (χ0n) is 37.2. The molecule has 0 bridgehead atoms. The Bertz CT molecular complexity index is 1420. The van der Waals surface area contributed by atoms with Crippen molar-refractivity contribution in [3.8, 4) is 11.5 Å². The van der Waals surface area contributed by atoms with Crippen molar-refractivity contribution >= 4 is 23.5 Å². The predicted molar refractivity (Wildman–Crippen MR) is 228 cm³/mol. The smallest absolute Gasteiger partial charge is 0.134 e. The molecule has 2 unspecified atom stereocenters. The zero-order chi connectivity index (χ0) is 45.3. The molecule has 2 atom stereocenters. The van der Waals surface area contributed by atoms with E-state index >= 15 is 0 Å². The molecular formula is C46H72N2O12-2. The number of ketones is 2. The van der Waals surface area contributed by atoms with Crippen LogP contribution in [0.2, 0.25) is 0 Å². The van der Waals surface area contributed by atoms with E-state index in [1.807, 2.05) is 64.1 Å². The first-order chi connectivity index (χ1) is 28.5. The second-order valence-corrected chi connectivity index (χ2v) is 15.2. The van der Waals surface area contributed by atoms with Crippen LogP contribution < -0.4 is 30.3 Å². The molecule has 0 aromatic heterocycles. The van der Waals surface area contributed by atoms with Crippen LogP contribution in [-0.2, 0) is 54.7 Å². The zero-order valence-corrected chi connectivity index (χ0v) is 37.2. The Kier molecular flexibility index (Phi) is 32.1. The molecule has 0 aliphatic heterocycles. The highest BCUT2D eigenvalue weighted by atomic mass is 16.5. The van der Waals surface area contributed by atoms with Gasteiger partial charge in [0.05, 0.1) is 25.2 Å². The van der Waals surface area contributed by atoms with Crippen LogP contribution in [0.5, 0.6) is 11.5 Å². The molecule has 2 rings (SSSR count). The molecule has 4 N–H and O–H groups in total. The average Bonchev–Trinajstić information content (AvgIpc) is 3.17. The molecule has 0 saturated carbocycles. The second kappa shape index (κ2) is 34.5. The second-order valence-electron chi connectivity index (χ2n) is 15.2. The molecule has 14 nitrogen and oxygen atoms in total. The summed E-state index contributed by atoms with van der Waals surface area (Å²) in [5.74, 6) is -1.43. The van der Waals surface area contributed by atoms with E-state index in [1.54, 1.807) is 13.8 Å². The van der Waals surface area contributed by atoms with Gasteiger partial charge >= 0.3 is 0 Å². The number of aliphatic hydroxyl groups is 2. The Hall–Kier alpha value is -4.18. The van der Waals surface area contributed by atoms with E-state index < -0.39 is 24.1 Å². The first-order valence-electron chi connectivity index (χ1n) is 21.0. The number of hydrogen-bond acceptors (Lipinski definition) is 14. The monoisotopic (exact) mass is 845 g/mol. The molecule has 14 heteroatoms. The fourth-order valence-electron chi connectivity index (χ4n) is 5.21. The van der Waals surface area contributed by atoms with Crippen LogP contribution in [0.1, 0.15) is 116 Å². The number of carbonyl (C=O) groups excluding carboxylic acids is 4. The van der Waals surface area contributed by atoms with E-state index in [0.717, 1.165) is 60.8 Å². The lowest BCUT2D eigenvalue weighted by molar-refractivity contribution is -0.301. The van der Waals surface area contributed by atoms with Gasteiger partial charge in [-0.25, -0.2) is 0 Å². The van der Waals surface area contributed by atoms with Gasteiger partial charge in [-0.15, -0.1) is 0 Å². The third-order valence-electron chi connectivity index (χ3n) is 8.20. The Balaban J connectivity index is 0.000000982. The highest BCUT2D eigenvalue weighted by Crippen LogP contribution is 2.24. The highest BCUT2D eigenvalue weighted by molar-refractivity contribution is 5.87. The normalized spacial score (nSPS) is 12.0. The van der Waals surface area contributed by atoms with Crippen LogP contribution in [0.25, 0.3) is 0 Å². The van der Waals surface area contributed by atoms with Crippen molar-refractivity contribution in [2.75, 3.05) is 39.5 Å². The average molecular weight is 845 g/mol. The summed E-state index contributed by atoms with van der Waals surface area (Å²) in [6.07, 6.45) is 7.14. The number of unbranched alkanes of at least 4 members (excludes halogenated alkanes) is 4. The van der Waals surface area contributed by atoms with E-state index in [1.165, 1.54) is 0 Å². The molecule has 0 radical (unpaired) electrons. The summed E-state index contributed by atoms with van der Waals surface area (Å²) in [7, 11) is 0. The minimum atomic E-state index is -1.55. The van der Waals surface area contributed by atoms with Crippen molar-refractivity contribution in [3.63, 3.8) is 0 Å². The van der Waals surface area contributed by atoms with E-state index in [0.29, 0.717) is 88.1 Å². The van der Waals surface area contributed by atoms with Crippen molar-refractivity contribution < 1.29 is 58.6 Å². The maximum atomic E-state index is 11.4. The van der Waals surface area contributed by atoms with Crippen LogP contribution in [0.4, 0.5) is 0 Å². The molecule has 0 aliphatic rings. The minimum Gasteiger partial charge on any atom is -0.545 e. The summed E-state index contributed by atoms with van der Waals surface area (Å²) in [4.78, 5) is 41.6. The van der Waals surface area contributed by atoms with Gasteiger partial charge in [0.1, 0.15) is 48.5 Å². The van der Waals surface area contributed by atoms with Crippen LogP contribution in [0, 0.1) is 0 Å². The number of nitrogens with one attached hydrogen (secondary N) is 2. The van der Waals surface area contributed by atoms with E-state index in [-0.39, 0.29) is 24.8 Å². The lowest BCUT2D eigenvalue weighted by Crippen LogP contribution is -2.35. The maximum Gasteiger partial charge on any atom is 0.134 e. The van der Waals surface area contributed by atoms with Gasteiger partial charge in [0.2, 0.25) is 0 Å². The Labute approximate surface area is 358 Å². The number of carboxylic acids is 2. The lowest BCUT2D eigenvalue weighted by Gasteiger charge is -2.17. The van der Waals surface area contributed by atoms with Gasteiger partial charge in [-0.3, -0.25) is 9.59 Å². The lowest BCUT2D eigenvalue weighted by atomic mass is 10.1. The van der Waals surface area contributed by atoms with Crippen molar-refractivity contribution in [1.82, 2.24) is 10.6 Å². The summed E-state index contributed by atoms with van der Waals surface area (Å²) in [5, 5.41) is 45.3. The number of aliphatic carboxylic acids is 2. The van der Waals surface area contributed by atoms with E-state index in [9.17, 15) is 39.6 Å². The van der Waals surface area contributed by atoms with Crippen molar-refractivity contribution in [3.05, 3.63) is 70.8 Å². The number of aliphatic hydroxyl groups excluding tert-OH is 2. The van der Waals surface area contributed by atoms with Crippen LogP contribution >= 0.6 is 0 Å². The molecule has 0 aliphatic carbocycles.